The molecular weight excluding hydrogens is 256 g/mol. The topological polar surface area (TPSA) is 44.8 Å². The zero-order chi connectivity index (χ0) is 13.1. The van der Waals surface area contributed by atoms with Crippen molar-refractivity contribution in [1.82, 2.24) is 20.1 Å². The second-order valence-electron chi connectivity index (χ2n) is 5.39. The minimum atomic E-state index is 0.752. The molecule has 0 saturated carbocycles. The van der Waals surface area contributed by atoms with Gasteiger partial charge in [0.1, 0.15) is 0 Å². The minimum Gasteiger partial charge on any atom is -0.298 e. The van der Waals surface area contributed by atoms with Crippen LogP contribution in [0.3, 0.4) is 0 Å². The van der Waals surface area contributed by atoms with E-state index in [0.29, 0.717) is 0 Å². The molecule has 2 aromatic rings. The van der Waals surface area contributed by atoms with Gasteiger partial charge in [0.25, 0.3) is 0 Å². The number of likely N-dealkylation sites (tertiary alicyclic amines) is 1. The van der Waals surface area contributed by atoms with Gasteiger partial charge in [-0.1, -0.05) is 0 Å². The summed E-state index contributed by atoms with van der Waals surface area (Å²) in [5, 5.41) is 7.11. The second-order valence-corrected chi connectivity index (χ2v) is 6.33. The maximum absolute atomic E-state index is 4.34. The number of rotatable bonds is 4. The molecule has 2 aromatic heterocycles. The molecule has 0 unspecified atom stereocenters. The number of thiazole rings is 1. The minimum absolute atomic E-state index is 0.752. The Hall–Kier alpha value is -1.20. The van der Waals surface area contributed by atoms with Gasteiger partial charge in [-0.25, -0.2) is 4.98 Å². The number of hydrogen-bond acceptors (Lipinski definition) is 4. The van der Waals surface area contributed by atoms with E-state index in [2.05, 4.69) is 33.1 Å². The molecule has 0 bridgehead atoms. The summed E-state index contributed by atoms with van der Waals surface area (Å²) in [6.07, 6.45) is 5.60. The van der Waals surface area contributed by atoms with E-state index in [4.69, 9.17) is 0 Å². The first-order chi connectivity index (χ1) is 9.31. The molecule has 4 nitrogen and oxygen atoms in total. The maximum Gasteiger partial charge on any atom is 0.0798 e. The normalized spacial score (nSPS) is 20.8. The molecule has 1 aliphatic rings. The van der Waals surface area contributed by atoms with Gasteiger partial charge in [0.15, 0.2) is 0 Å². The van der Waals surface area contributed by atoms with Crippen LogP contribution in [0.2, 0.25) is 0 Å². The Balaban J connectivity index is 1.57. The highest BCUT2D eigenvalue weighted by Gasteiger charge is 2.21. The Morgan fingerprint density at radius 2 is 2.47 bits per heavy atom. The van der Waals surface area contributed by atoms with Crippen LogP contribution in [0.5, 0.6) is 0 Å². The summed E-state index contributed by atoms with van der Waals surface area (Å²) in [4.78, 5) is 8.33. The average molecular weight is 276 g/mol. The number of nitrogens with zero attached hydrogens (tertiary/aromatic N) is 3. The number of piperidine rings is 1. The van der Waals surface area contributed by atoms with Crippen LogP contribution < -0.4 is 0 Å². The summed E-state index contributed by atoms with van der Waals surface area (Å²) in [6, 6.07) is 2.09. The van der Waals surface area contributed by atoms with E-state index in [1.54, 1.807) is 11.3 Å². The van der Waals surface area contributed by atoms with Crippen LogP contribution in [-0.4, -0.2) is 33.2 Å². The van der Waals surface area contributed by atoms with Crippen molar-refractivity contribution in [3.63, 3.8) is 0 Å². The molecule has 1 fully saturated rings. The molecule has 1 atom stereocenters. The van der Waals surface area contributed by atoms with Crippen LogP contribution in [0.4, 0.5) is 0 Å². The fourth-order valence-corrected chi connectivity index (χ4v) is 3.67. The first kappa shape index (κ1) is 12.8. The molecule has 0 amide bonds. The third-order valence-corrected chi connectivity index (χ3v) is 4.80. The fourth-order valence-electron chi connectivity index (χ4n) is 2.85. The zero-order valence-corrected chi connectivity index (χ0v) is 12.1. The SMILES string of the molecule is Cc1ncsc1CN1CCC[C@@H](Cc2ccn[nH]2)C1. The lowest BCUT2D eigenvalue weighted by molar-refractivity contribution is 0.167. The number of aromatic amines is 1. The highest BCUT2D eigenvalue weighted by atomic mass is 32.1. The van der Waals surface area contributed by atoms with Crippen molar-refractivity contribution >= 4 is 11.3 Å². The molecule has 0 spiro atoms. The molecule has 0 aromatic carbocycles. The molecule has 1 aliphatic heterocycles. The maximum atomic E-state index is 4.34. The van der Waals surface area contributed by atoms with Crippen molar-refractivity contribution in [2.75, 3.05) is 13.1 Å². The van der Waals surface area contributed by atoms with Gasteiger partial charge in [0, 0.05) is 29.9 Å². The van der Waals surface area contributed by atoms with Gasteiger partial charge in [-0.15, -0.1) is 11.3 Å². The smallest absolute Gasteiger partial charge is 0.0798 e. The number of aryl methyl sites for hydroxylation is 1. The van der Waals surface area contributed by atoms with Gasteiger partial charge in [-0.2, -0.15) is 5.10 Å². The fraction of sp³-hybridized carbons (Fsp3) is 0.571. The lowest BCUT2D eigenvalue weighted by atomic mass is 9.93. The third kappa shape index (κ3) is 3.22. The molecule has 19 heavy (non-hydrogen) atoms. The van der Waals surface area contributed by atoms with Gasteiger partial charge in [-0.3, -0.25) is 10.00 Å². The van der Waals surface area contributed by atoms with E-state index in [1.165, 1.54) is 42.2 Å². The quantitative estimate of drug-likeness (QED) is 0.933. The van der Waals surface area contributed by atoms with E-state index in [1.807, 2.05) is 11.7 Å². The predicted molar refractivity (Wildman–Crippen MR) is 77.1 cm³/mol. The van der Waals surface area contributed by atoms with E-state index in [-0.39, 0.29) is 0 Å². The molecule has 5 heteroatoms. The molecule has 102 valence electrons. The van der Waals surface area contributed by atoms with Gasteiger partial charge in [0.05, 0.1) is 11.2 Å². The highest BCUT2D eigenvalue weighted by Crippen LogP contribution is 2.23. The number of aromatic nitrogens is 3. The van der Waals surface area contributed by atoms with Gasteiger partial charge >= 0.3 is 0 Å². The van der Waals surface area contributed by atoms with Crippen molar-refractivity contribution in [2.24, 2.45) is 5.92 Å². The van der Waals surface area contributed by atoms with Crippen molar-refractivity contribution in [3.8, 4) is 0 Å². The van der Waals surface area contributed by atoms with Gasteiger partial charge < -0.3 is 0 Å². The molecule has 3 rings (SSSR count). The first-order valence-electron chi connectivity index (χ1n) is 6.91. The summed E-state index contributed by atoms with van der Waals surface area (Å²) in [7, 11) is 0. The van der Waals surface area contributed by atoms with Crippen LogP contribution in [0, 0.1) is 12.8 Å². The predicted octanol–water partition coefficient (Wildman–Crippen LogP) is 2.63. The monoisotopic (exact) mass is 276 g/mol. The summed E-state index contributed by atoms with van der Waals surface area (Å²) in [6.45, 7) is 5.58. The molecule has 1 N–H and O–H groups in total. The first-order valence-corrected chi connectivity index (χ1v) is 7.79. The zero-order valence-electron chi connectivity index (χ0n) is 11.3. The van der Waals surface area contributed by atoms with Crippen LogP contribution >= 0.6 is 11.3 Å². The molecule has 0 aliphatic carbocycles. The van der Waals surface area contributed by atoms with Gasteiger partial charge in [-0.05, 0) is 44.7 Å². The van der Waals surface area contributed by atoms with E-state index in [9.17, 15) is 0 Å². The van der Waals surface area contributed by atoms with E-state index < -0.39 is 0 Å². The van der Waals surface area contributed by atoms with Crippen molar-refractivity contribution in [3.05, 3.63) is 34.0 Å². The largest absolute Gasteiger partial charge is 0.298 e. The summed E-state index contributed by atoms with van der Waals surface area (Å²) < 4.78 is 0. The number of H-pyrrole nitrogens is 1. The Bertz CT molecular complexity index is 505. The average Bonchev–Trinajstić information content (AvgIpc) is 3.03. The second kappa shape index (κ2) is 5.84. The summed E-state index contributed by atoms with van der Waals surface area (Å²) in [5.74, 6) is 0.752. The summed E-state index contributed by atoms with van der Waals surface area (Å²) in [5.41, 5.74) is 4.41. The number of nitrogens with one attached hydrogen (secondary N) is 1. The molecule has 1 saturated heterocycles. The van der Waals surface area contributed by atoms with Crippen molar-refractivity contribution in [1.29, 1.82) is 0 Å². The number of hydrogen-bond donors (Lipinski definition) is 1. The van der Waals surface area contributed by atoms with Crippen LogP contribution in [0.15, 0.2) is 17.8 Å². The van der Waals surface area contributed by atoms with E-state index >= 15 is 0 Å². The highest BCUT2D eigenvalue weighted by molar-refractivity contribution is 7.09. The Morgan fingerprint density at radius 1 is 1.53 bits per heavy atom. The van der Waals surface area contributed by atoms with Crippen LogP contribution in [0.25, 0.3) is 0 Å². The lowest BCUT2D eigenvalue weighted by Gasteiger charge is -2.32. The summed E-state index contributed by atoms with van der Waals surface area (Å²) >= 11 is 1.78. The van der Waals surface area contributed by atoms with Crippen molar-refractivity contribution < 1.29 is 0 Å². The third-order valence-electron chi connectivity index (χ3n) is 3.88. The van der Waals surface area contributed by atoms with Crippen LogP contribution in [-0.2, 0) is 13.0 Å². The van der Waals surface area contributed by atoms with E-state index in [0.717, 1.165) is 18.9 Å². The molecule has 0 radical (unpaired) electrons. The molecule has 3 heterocycles. The standard InChI is InChI=1S/C14H20N4S/c1-11-14(19-10-15-11)9-18-6-2-3-12(8-18)7-13-4-5-16-17-13/h4-5,10,12H,2-3,6-9H2,1H3,(H,16,17)/t12-/m0/s1. The van der Waals surface area contributed by atoms with Gasteiger partial charge in [0.2, 0.25) is 0 Å². The Kier molecular flexibility index (Phi) is 3.94. The van der Waals surface area contributed by atoms with Crippen molar-refractivity contribution in [2.45, 2.75) is 32.7 Å². The molecular formula is C14H20N4S. The van der Waals surface area contributed by atoms with Crippen LogP contribution in [0.1, 0.15) is 29.1 Å². The Labute approximate surface area is 117 Å². The Morgan fingerprint density at radius 3 is 3.21 bits per heavy atom. The lowest BCUT2D eigenvalue weighted by Crippen LogP contribution is -2.35.